The molecular formula is C12H20N2O3. The summed E-state index contributed by atoms with van der Waals surface area (Å²) in [4.78, 5) is 24.8. The monoisotopic (exact) mass is 240 g/mol. The Kier molecular flexibility index (Phi) is 3.26. The number of amides is 2. The quantitative estimate of drug-likeness (QED) is 0.781. The van der Waals surface area contributed by atoms with E-state index in [1.165, 1.54) is 6.42 Å². The van der Waals surface area contributed by atoms with Crippen molar-refractivity contribution in [3.8, 4) is 0 Å². The molecule has 0 spiro atoms. The summed E-state index contributed by atoms with van der Waals surface area (Å²) in [7, 11) is 0. The zero-order valence-electron chi connectivity index (χ0n) is 10.3. The Hall–Kier alpha value is -1.26. The SMILES string of the molecule is CC(C)C(NC(=O)N1CC2CCC1C2)C(=O)O. The van der Waals surface area contributed by atoms with Crippen molar-refractivity contribution in [3.63, 3.8) is 0 Å². The number of piperidine rings is 1. The maximum absolute atomic E-state index is 12.0. The minimum Gasteiger partial charge on any atom is -0.480 e. The van der Waals surface area contributed by atoms with Crippen LogP contribution in [0.3, 0.4) is 0 Å². The summed E-state index contributed by atoms with van der Waals surface area (Å²) >= 11 is 0. The van der Waals surface area contributed by atoms with Crippen LogP contribution in [0.2, 0.25) is 0 Å². The predicted molar refractivity (Wildman–Crippen MR) is 62.6 cm³/mol. The van der Waals surface area contributed by atoms with E-state index in [1.807, 2.05) is 4.90 Å². The standard InChI is InChI=1S/C12H20N2O3/c1-7(2)10(11(15)16)13-12(17)14-6-8-3-4-9(14)5-8/h7-10H,3-6H2,1-2H3,(H,13,17)(H,15,16). The number of nitrogens with one attached hydrogen (secondary N) is 1. The lowest BCUT2D eigenvalue weighted by atomic mass is 10.1. The Labute approximate surface area is 101 Å². The number of carboxylic acid groups (broad SMARTS) is 1. The van der Waals surface area contributed by atoms with Gasteiger partial charge < -0.3 is 15.3 Å². The molecule has 2 amide bonds. The number of urea groups is 1. The molecule has 2 aliphatic rings. The molecule has 2 bridgehead atoms. The van der Waals surface area contributed by atoms with E-state index in [4.69, 9.17) is 5.11 Å². The third-order valence-electron chi connectivity index (χ3n) is 3.88. The third kappa shape index (κ3) is 2.37. The summed E-state index contributed by atoms with van der Waals surface area (Å²) in [5.74, 6) is -0.429. The fraction of sp³-hybridized carbons (Fsp3) is 0.833. The smallest absolute Gasteiger partial charge is 0.326 e. The number of fused-ring (bicyclic) bond motifs is 2. The molecule has 5 heteroatoms. The molecule has 17 heavy (non-hydrogen) atoms. The van der Waals surface area contributed by atoms with Crippen molar-refractivity contribution in [2.45, 2.75) is 45.2 Å². The van der Waals surface area contributed by atoms with E-state index in [9.17, 15) is 9.59 Å². The molecule has 1 aliphatic heterocycles. The first kappa shape index (κ1) is 12.2. The van der Waals surface area contributed by atoms with Gasteiger partial charge in [0.05, 0.1) is 0 Å². The summed E-state index contributed by atoms with van der Waals surface area (Å²) in [5.41, 5.74) is 0. The molecule has 3 unspecified atom stereocenters. The molecule has 0 aromatic rings. The van der Waals surface area contributed by atoms with Crippen LogP contribution in [0.4, 0.5) is 4.79 Å². The van der Waals surface area contributed by atoms with Crippen LogP contribution < -0.4 is 5.32 Å². The zero-order chi connectivity index (χ0) is 12.6. The number of aliphatic carboxylic acids is 1. The van der Waals surface area contributed by atoms with Gasteiger partial charge in [-0.25, -0.2) is 9.59 Å². The van der Waals surface area contributed by atoms with Gasteiger partial charge in [-0.2, -0.15) is 0 Å². The summed E-state index contributed by atoms with van der Waals surface area (Å²) < 4.78 is 0. The van der Waals surface area contributed by atoms with E-state index in [0.29, 0.717) is 12.0 Å². The van der Waals surface area contributed by atoms with Crippen LogP contribution in [0.1, 0.15) is 33.1 Å². The molecule has 2 fully saturated rings. The second-order valence-electron chi connectivity index (χ2n) is 5.49. The maximum atomic E-state index is 12.0. The van der Waals surface area contributed by atoms with Gasteiger partial charge in [0.15, 0.2) is 0 Å². The minimum atomic E-state index is -0.960. The Morgan fingerprint density at radius 3 is 2.47 bits per heavy atom. The molecule has 0 radical (unpaired) electrons. The second kappa shape index (κ2) is 4.55. The molecule has 2 rings (SSSR count). The fourth-order valence-electron chi connectivity index (χ4n) is 2.90. The predicted octanol–water partition coefficient (Wildman–Crippen LogP) is 1.29. The maximum Gasteiger partial charge on any atom is 0.326 e. The highest BCUT2D eigenvalue weighted by atomic mass is 16.4. The number of hydrogen-bond donors (Lipinski definition) is 2. The van der Waals surface area contributed by atoms with Crippen molar-refractivity contribution in [3.05, 3.63) is 0 Å². The van der Waals surface area contributed by atoms with Gasteiger partial charge >= 0.3 is 12.0 Å². The Morgan fingerprint density at radius 2 is 2.06 bits per heavy atom. The number of likely N-dealkylation sites (tertiary alicyclic amines) is 1. The first-order valence-electron chi connectivity index (χ1n) is 6.29. The van der Waals surface area contributed by atoms with Crippen molar-refractivity contribution < 1.29 is 14.7 Å². The average Bonchev–Trinajstić information content (AvgIpc) is 2.85. The largest absolute Gasteiger partial charge is 0.480 e. The molecule has 1 saturated carbocycles. The summed E-state index contributed by atoms with van der Waals surface area (Å²) in [5, 5.41) is 11.7. The van der Waals surface area contributed by atoms with Gasteiger partial charge in [0.1, 0.15) is 6.04 Å². The van der Waals surface area contributed by atoms with E-state index >= 15 is 0 Å². The number of carboxylic acids is 1. The third-order valence-corrected chi connectivity index (χ3v) is 3.88. The molecule has 1 heterocycles. The van der Waals surface area contributed by atoms with Gasteiger partial charge in [-0.1, -0.05) is 13.8 Å². The van der Waals surface area contributed by atoms with Crippen LogP contribution in [0.15, 0.2) is 0 Å². The lowest BCUT2D eigenvalue weighted by molar-refractivity contribution is -0.140. The van der Waals surface area contributed by atoms with E-state index in [1.54, 1.807) is 13.8 Å². The first-order chi connectivity index (χ1) is 7.99. The van der Waals surface area contributed by atoms with Crippen LogP contribution in [-0.2, 0) is 4.79 Å². The van der Waals surface area contributed by atoms with Gasteiger partial charge in [-0.3, -0.25) is 0 Å². The topological polar surface area (TPSA) is 69.6 Å². The van der Waals surface area contributed by atoms with Gasteiger partial charge in [-0.05, 0) is 31.1 Å². The molecule has 5 nitrogen and oxygen atoms in total. The number of hydrogen-bond acceptors (Lipinski definition) is 2. The second-order valence-corrected chi connectivity index (χ2v) is 5.49. The summed E-state index contributed by atoms with van der Waals surface area (Å²) in [6.45, 7) is 4.39. The van der Waals surface area contributed by atoms with E-state index in [0.717, 1.165) is 19.4 Å². The van der Waals surface area contributed by atoms with Crippen molar-refractivity contribution >= 4 is 12.0 Å². The lowest BCUT2D eigenvalue weighted by Crippen LogP contribution is -2.52. The average molecular weight is 240 g/mol. The normalized spacial score (nSPS) is 28.5. The molecule has 2 N–H and O–H groups in total. The highest BCUT2D eigenvalue weighted by molar-refractivity contribution is 5.83. The molecule has 1 saturated heterocycles. The zero-order valence-corrected chi connectivity index (χ0v) is 10.3. The van der Waals surface area contributed by atoms with Crippen molar-refractivity contribution in [1.29, 1.82) is 0 Å². The lowest BCUT2D eigenvalue weighted by Gasteiger charge is -2.29. The Balaban J connectivity index is 1.94. The van der Waals surface area contributed by atoms with Gasteiger partial charge in [-0.15, -0.1) is 0 Å². The Morgan fingerprint density at radius 1 is 1.35 bits per heavy atom. The molecule has 1 aliphatic carbocycles. The Bertz CT molecular complexity index is 330. The molecule has 0 aromatic heterocycles. The van der Waals surface area contributed by atoms with Crippen LogP contribution >= 0.6 is 0 Å². The van der Waals surface area contributed by atoms with Crippen LogP contribution in [0, 0.1) is 11.8 Å². The van der Waals surface area contributed by atoms with Gasteiger partial charge in [0.2, 0.25) is 0 Å². The number of carbonyl (C=O) groups excluding carboxylic acids is 1. The van der Waals surface area contributed by atoms with Crippen molar-refractivity contribution in [2.24, 2.45) is 11.8 Å². The summed E-state index contributed by atoms with van der Waals surface area (Å²) in [6, 6.07) is -0.665. The summed E-state index contributed by atoms with van der Waals surface area (Å²) in [6.07, 6.45) is 3.37. The van der Waals surface area contributed by atoms with Crippen LogP contribution in [0.5, 0.6) is 0 Å². The highest BCUT2D eigenvalue weighted by Gasteiger charge is 2.41. The number of rotatable bonds is 3. The van der Waals surface area contributed by atoms with E-state index < -0.39 is 12.0 Å². The van der Waals surface area contributed by atoms with E-state index in [-0.39, 0.29) is 11.9 Å². The van der Waals surface area contributed by atoms with Crippen LogP contribution in [0.25, 0.3) is 0 Å². The first-order valence-corrected chi connectivity index (χ1v) is 6.29. The fourth-order valence-corrected chi connectivity index (χ4v) is 2.90. The van der Waals surface area contributed by atoms with Gasteiger partial charge in [0, 0.05) is 12.6 Å². The minimum absolute atomic E-state index is 0.101. The number of carbonyl (C=O) groups is 2. The number of nitrogens with zero attached hydrogens (tertiary/aromatic N) is 1. The van der Waals surface area contributed by atoms with Crippen LogP contribution in [-0.4, -0.2) is 40.6 Å². The van der Waals surface area contributed by atoms with E-state index in [2.05, 4.69) is 5.32 Å². The molecule has 0 aromatic carbocycles. The molecule has 3 atom stereocenters. The van der Waals surface area contributed by atoms with Crippen molar-refractivity contribution in [1.82, 2.24) is 10.2 Å². The highest BCUT2D eigenvalue weighted by Crippen LogP contribution is 2.37. The molecular weight excluding hydrogens is 220 g/mol. The van der Waals surface area contributed by atoms with Gasteiger partial charge in [0.25, 0.3) is 0 Å². The molecule has 96 valence electrons. The van der Waals surface area contributed by atoms with Crippen molar-refractivity contribution in [2.75, 3.05) is 6.54 Å².